The molecule has 2 heterocycles. The van der Waals surface area contributed by atoms with Gasteiger partial charge < -0.3 is 11.4 Å². The quantitative estimate of drug-likeness (QED) is 0.139. The van der Waals surface area contributed by atoms with E-state index >= 15 is 0 Å². The molecule has 5 nitrogen and oxygen atoms in total. The summed E-state index contributed by atoms with van der Waals surface area (Å²) in [5.74, 6) is 1.92. The fourth-order valence-electron chi connectivity index (χ4n) is 6.93. The van der Waals surface area contributed by atoms with Crippen molar-refractivity contribution >= 4 is 47.7 Å². The lowest BCUT2D eigenvalue weighted by Crippen LogP contribution is -2.37. The van der Waals surface area contributed by atoms with Crippen LogP contribution in [0.2, 0.25) is 0 Å². The van der Waals surface area contributed by atoms with Crippen LogP contribution in [-0.2, 0) is 0 Å². The van der Waals surface area contributed by atoms with Crippen LogP contribution in [-0.4, -0.2) is 25.1 Å². The molecule has 0 amide bonds. The van der Waals surface area contributed by atoms with Crippen LogP contribution in [0.4, 0.5) is 0 Å². The third-order valence-electron chi connectivity index (χ3n) is 9.64. The SMILES string of the molecule is Cc1ccc2cccc([O][Al]([O]c3cccc4cc(-c5cc(-c6ccccc6)cc(-c6ccccc6)c5)ccc34)[O]c3cccc4ccc(C)nc34)c2n1. The predicted octanol–water partition coefficient (Wildman–Crippen LogP) is 12.1. The van der Waals surface area contributed by atoms with Crippen LogP contribution < -0.4 is 11.4 Å². The molecule has 0 fully saturated rings. The van der Waals surface area contributed by atoms with Gasteiger partial charge in [-0.2, -0.15) is 0 Å². The summed E-state index contributed by atoms with van der Waals surface area (Å²) in [5.41, 5.74) is 10.3. The van der Waals surface area contributed by atoms with Crippen molar-refractivity contribution in [2.45, 2.75) is 13.8 Å². The Morgan fingerprint density at radius 3 is 1.35 bits per heavy atom. The lowest BCUT2D eigenvalue weighted by molar-refractivity contribution is 0.311. The van der Waals surface area contributed by atoms with Crippen LogP contribution >= 0.6 is 0 Å². The van der Waals surface area contributed by atoms with Gasteiger partial charge in [-0.15, -0.1) is 0 Å². The molecule has 0 saturated heterocycles. The molecule has 0 N–H and O–H groups in total. The second-order valence-corrected chi connectivity index (χ2v) is 14.7. The molecule has 0 atom stereocenters. The number of benzene rings is 7. The third-order valence-corrected chi connectivity index (χ3v) is 11.0. The molecule has 0 saturated carbocycles. The number of aryl methyl sites for hydroxylation is 2. The van der Waals surface area contributed by atoms with Gasteiger partial charge in [-0.3, -0.25) is 0 Å². The highest BCUT2D eigenvalue weighted by Crippen LogP contribution is 2.36. The molecule has 0 aliphatic carbocycles. The van der Waals surface area contributed by atoms with E-state index in [9.17, 15) is 0 Å². The fraction of sp³-hybridized carbons (Fsp3) is 0.0417. The Hall–Kier alpha value is -6.45. The van der Waals surface area contributed by atoms with Crippen molar-refractivity contribution in [1.82, 2.24) is 9.97 Å². The summed E-state index contributed by atoms with van der Waals surface area (Å²) in [6.07, 6.45) is 0. The number of pyridine rings is 2. The van der Waals surface area contributed by atoms with Gasteiger partial charge in [0.05, 0.1) is 5.75 Å². The van der Waals surface area contributed by atoms with Gasteiger partial charge in [0.25, 0.3) is 0 Å². The number of nitrogens with zero attached hydrogens (tertiary/aromatic N) is 2. The Balaban J connectivity index is 1.11. The van der Waals surface area contributed by atoms with Gasteiger partial charge in [0.1, 0.15) is 22.5 Å². The zero-order valence-electron chi connectivity index (χ0n) is 29.9. The van der Waals surface area contributed by atoms with Gasteiger partial charge in [0.2, 0.25) is 0 Å². The van der Waals surface area contributed by atoms with E-state index in [-0.39, 0.29) is 0 Å². The Bertz CT molecular complexity index is 2650. The minimum Gasteiger partial charge on any atom is -0.577 e. The molecule has 258 valence electrons. The first kappa shape index (κ1) is 33.4. The average Bonchev–Trinajstić information content (AvgIpc) is 3.21. The van der Waals surface area contributed by atoms with Crippen LogP contribution in [0.25, 0.3) is 66.0 Å². The number of fused-ring (bicyclic) bond motifs is 3. The van der Waals surface area contributed by atoms with E-state index < -0.39 is 15.1 Å². The second-order valence-electron chi connectivity index (χ2n) is 13.4. The van der Waals surface area contributed by atoms with Gasteiger partial charge >= 0.3 is 15.1 Å². The summed E-state index contributed by atoms with van der Waals surface area (Å²) >= 11 is -3.00. The van der Waals surface area contributed by atoms with Crippen LogP contribution in [0.5, 0.6) is 17.2 Å². The highest BCUT2D eigenvalue weighted by molar-refractivity contribution is 6.40. The predicted molar refractivity (Wildman–Crippen MR) is 221 cm³/mol. The third kappa shape index (κ3) is 6.89. The largest absolute Gasteiger partial charge is 1.20 e. The van der Waals surface area contributed by atoms with E-state index in [1.54, 1.807) is 0 Å². The molecule has 6 heteroatoms. The molecule has 0 aliphatic heterocycles. The summed E-state index contributed by atoms with van der Waals surface area (Å²) in [6, 6.07) is 60.5. The summed E-state index contributed by atoms with van der Waals surface area (Å²) in [4.78, 5) is 9.63. The molecule has 0 bridgehead atoms. The normalized spacial score (nSPS) is 11.1. The summed E-state index contributed by atoms with van der Waals surface area (Å²) in [6.45, 7) is 3.96. The van der Waals surface area contributed by atoms with E-state index in [1.165, 1.54) is 22.3 Å². The maximum atomic E-state index is 6.83. The maximum Gasteiger partial charge on any atom is 1.20 e. The first-order valence-corrected chi connectivity index (χ1v) is 19.5. The Morgan fingerprint density at radius 2 is 0.815 bits per heavy atom. The molecule has 0 aliphatic rings. The van der Waals surface area contributed by atoms with Gasteiger partial charge in [-0.05, 0) is 107 Å². The van der Waals surface area contributed by atoms with E-state index in [4.69, 9.17) is 21.3 Å². The summed E-state index contributed by atoms with van der Waals surface area (Å²) in [7, 11) is 0. The van der Waals surface area contributed by atoms with Crippen molar-refractivity contribution in [2.75, 3.05) is 0 Å². The highest BCUT2D eigenvalue weighted by Gasteiger charge is 2.45. The van der Waals surface area contributed by atoms with Crippen LogP contribution in [0.15, 0.2) is 176 Å². The first-order valence-electron chi connectivity index (χ1n) is 18.1. The van der Waals surface area contributed by atoms with Gasteiger partial charge in [0.15, 0.2) is 0 Å². The molecular weight excluding hydrogens is 680 g/mol. The monoisotopic (exact) mass is 714 g/mol. The molecule has 9 rings (SSSR count). The van der Waals surface area contributed by atoms with Crippen molar-refractivity contribution in [3.05, 3.63) is 187 Å². The fourth-order valence-corrected chi connectivity index (χ4v) is 8.29. The molecular formula is C48H35AlN2O3. The molecule has 0 radical (unpaired) electrons. The van der Waals surface area contributed by atoms with Crippen LogP contribution in [0.1, 0.15) is 11.4 Å². The minimum absolute atomic E-state index is 0.618. The van der Waals surface area contributed by atoms with Crippen molar-refractivity contribution in [1.29, 1.82) is 0 Å². The smallest absolute Gasteiger partial charge is 0.577 e. The highest BCUT2D eigenvalue weighted by atomic mass is 27.3. The standard InChI is InChI=1S/C28H20O.2C10H9NO.Al/c29-28-13-7-12-23-16-22(14-15-27(23)28)26-18-24(20-8-3-1-4-9-20)17-25(19-26)21-10-5-2-6-11-21;2*1-7-5-6-8-3-2-4-9(12)10(8)11-7;/h1-19,29H;2*2-6,12H,1H3;/q;;;+3/p-3. The van der Waals surface area contributed by atoms with Crippen LogP contribution in [0, 0.1) is 13.8 Å². The molecule has 9 aromatic rings. The summed E-state index contributed by atoms with van der Waals surface area (Å²) < 4.78 is 20.3. The number of para-hydroxylation sites is 2. The Morgan fingerprint density at radius 1 is 0.352 bits per heavy atom. The molecule has 54 heavy (non-hydrogen) atoms. The summed E-state index contributed by atoms with van der Waals surface area (Å²) in [5, 5.41) is 3.98. The molecule has 2 aromatic heterocycles. The zero-order valence-corrected chi connectivity index (χ0v) is 31.1. The Labute approximate surface area is 319 Å². The van der Waals surface area contributed by atoms with Crippen molar-refractivity contribution in [2.24, 2.45) is 0 Å². The van der Waals surface area contributed by atoms with E-state index in [2.05, 4.69) is 115 Å². The maximum absolute atomic E-state index is 6.83. The number of hydrogen-bond acceptors (Lipinski definition) is 5. The van der Waals surface area contributed by atoms with Crippen LogP contribution in [0.3, 0.4) is 0 Å². The van der Waals surface area contributed by atoms with E-state index in [0.29, 0.717) is 17.2 Å². The average molecular weight is 715 g/mol. The number of rotatable bonds is 9. The lowest BCUT2D eigenvalue weighted by Gasteiger charge is -2.19. The minimum atomic E-state index is -3.00. The topological polar surface area (TPSA) is 53.5 Å². The van der Waals surface area contributed by atoms with E-state index in [1.807, 2.05) is 74.5 Å². The zero-order chi connectivity index (χ0) is 36.4. The molecule has 0 unspecified atom stereocenters. The lowest BCUT2D eigenvalue weighted by atomic mass is 9.92. The Kier molecular flexibility index (Phi) is 8.98. The van der Waals surface area contributed by atoms with Crippen molar-refractivity contribution < 1.29 is 11.4 Å². The van der Waals surface area contributed by atoms with Crippen molar-refractivity contribution in [3.8, 4) is 50.6 Å². The first-order chi connectivity index (χ1) is 26.5. The second kappa shape index (κ2) is 14.5. The number of aromatic nitrogens is 2. The molecule has 7 aromatic carbocycles. The number of hydrogen-bond donors (Lipinski definition) is 0. The molecule has 0 spiro atoms. The van der Waals surface area contributed by atoms with Gasteiger partial charge in [0, 0.05) is 27.5 Å². The van der Waals surface area contributed by atoms with E-state index in [0.717, 1.165) is 55.1 Å². The van der Waals surface area contributed by atoms with Crippen molar-refractivity contribution in [3.63, 3.8) is 0 Å². The van der Waals surface area contributed by atoms with Gasteiger partial charge in [-0.25, -0.2) is 9.97 Å². The van der Waals surface area contributed by atoms with Gasteiger partial charge in [-0.1, -0.05) is 121 Å².